The van der Waals surface area contributed by atoms with Crippen LogP contribution in [0.2, 0.25) is 10.0 Å². The van der Waals surface area contributed by atoms with Crippen LogP contribution in [-0.4, -0.2) is 25.6 Å². The first-order valence-electron chi connectivity index (χ1n) is 6.56. The Morgan fingerprint density at radius 1 is 1.09 bits per heavy atom. The Morgan fingerprint density at radius 3 is 2.48 bits per heavy atom. The highest BCUT2D eigenvalue weighted by molar-refractivity contribution is 6.33. The number of halogens is 2. The van der Waals surface area contributed by atoms with Gasteiger partial charge in [0.05, 0.1) is 22.7 Å². The molecule has 0 spiro atoms. The van der Waals surface area contributed by atoms with Crippen LogP contribution in [0, 0.1) is 0 Å². The summed E-state index contributed by atoms with van der Waals surface area (Å²) in [6, 6.07) is 11.2. The second-order valence-corrected chi connectivity index (χ2v) is 5.27. The fourth-order valence-corrected chi connectivity index (χ4v) is 2.25. The molecule has 120 valence electrons. The van der Waals surface area contributed by atoms with Gasteiger partial charge in [-0.15, -0.1) is 0 Å². The van der Waals surface area contributed by atoms with E-state index in [-0.39, 0.29) is 10.6 Å². The molecule has 23 heavy (non-hydrogen) atoms. The van der Waals surface area contributed by atoms with Gasteiger partial charge in [-0.05, 0) is 30.3 Å². The molecule has 2 aromatic carbocycles. The third-order valence-corrected chi connectivity index (χ3v) is 3.49. The van der Waals surface area contributed by atoms with Crippen LogP contribution < -0.4 is 10.1 Å². The number of hydrogen-bond donors (Lipinski definition) is 1. The van der Waals surface area contributed by atoms with Crippen molar-refractivity contribution in [3.8, 4) is 5.75 Å². The third kappa shape index (κ3) is 4.61. The van der Waals surface area contributed by atoms with Gasteiger partial charge in [0.2, 0.25) is 0 Å². The van der Waals surface area contributed by atoms with Crippen molar-refractivity contribution in [2.75, 3.05) is 19.0 Å². The molecule has 0 aliphatic carbocycles. The average Bonchev–Trinajstić information content (AvgIpc) is 2.53. The SMILES string of the molecule is COc1ccc(NC(=O)COC(=O)c2ccccc2Cl)cc1Cl. The topological polar surface area (TPSA) is 64.6 Å². The predicted molar refractivity (Wildman–Crippen MR) is 88.4 cm³/mol. The number of hydrogen-bond acceptors (Lipinski definition) is 4. The quantitative estimate of drug-likeness (QED) is 0.830. The van der Waals surface area contributed by atoms with E-state index in [1.807, 2.05) is 0 Å². The molecule has 7 heteroatoms. The smallest absolute Gasteiger partial charge is 0.340 e. The largest absolute Gasteiger partial charge is 0.495 e. The highest BCUT2D eigenvalue weighted by Crippen LogP contribution is 2.27. The van der Waals surface area contributed by atoms with E-state index in [9.17, 15) is 9.59 Å². The second kappa shape index (κ2) is 7.85. The molecule has 0 unspecified atom stereocenters. The molecule has 0 aliphatic rings. The molecule has 0 heterocycles. The first kappa shape index (κ1) is 17.1. The minimum atomic E-state index is -0.668. The molecule has 5 nitrogen and oxygen atoms in total. The fourth-order valence-electron chi connectivity index (χ4n) is 1.78. The molecule has 0 aliphatic heterocycles. The van der Waals surface area contributed by atoms with E-state index in [0.29, 0.717) is 16.5 Å². The lowest BCUT2D eigenvalue weighted by Crippen LogP contribution is -2.21. The molecule has 0 radical (unpaired) electrons. The number of ether oxygens (including phenoxy) is 2. The van der Waals surface area contributed by atoms with Gasteiger partial charge in [0.1, 0.15) is 5.75 Å². The van der Waals surface area contributed by atoms with Gasteiger partial charge in [-0.1, -0.05) is 35.3 Å². The summed E-state index contributed by atoms with van der Waals surface area (Å²) in [7, 11) is 1.49. The van der Waals surface area contributed by atoms with Gasteiger partial charge in [-0.25, -0.2) is 4.79 Å². The van der Waals surface area contributed by atoms with Gasteiger partial charge >= 0.3 is 5.97 Å². The first-order chi connectivity index (χ1) is 11.0. The normalized spacial score (nSPS) is 10.0. The van der Waals surface area contributed by atoms with Crippen molar-refractivity contribution in [2.24, 2.45) is 0 Å². The Hall–Kier alpha value is -2.24. The van der Waals surface area contributed by atoms with Crippen molar-refractivity contribution >= 4 is 40.8 Å². The lowest BCUT2D eigenvalue weighted by Gasteiger charge is -2.09. The number of amides is 1. The molecule has 0 saturated carbocycles. The number of rotatable bonds is 5. The van der Waals surface area contributed by atoms with Crippen molar-refractivity contribution < 1.29 is 19.1 Å². The first-order valence-corrected chi connectivity index (χ1v) is 7.32. The zero-order chi connectivity index (χ0) is 16.8. The van der Waals surface area contributed by atoms with Gasteiger partial charge in [0.15, 0.2) is 6.61 Å². The fraction of sp³-hybridized carbons (Fsp3) is 0.125. The molecule has 0 atom stereocenters. The highest BCUT2D eigenvalue weighted by atomic mass is 35.5. The number of benzene rings is 2. The average molecular weight is 354 g/mol. The molecule has 1 N–H and O–H groups in total. The third-order valence-electron chi connectivity index (χ3n) is 2.86. The maximum Gasteiger partial charge on any atom is 0.340 e. The lowest BCUT2D eigenvalue weighted by molar-refractivity contribution is -0.119. The molecule has 1 amide bonds. The maximum absolute atomic E-state index is 11.8. The minimum Gasteiger partial charge on any atom is -0.495 e. The van der Waals surface area contributed by atoms with Crippen LogP contribution in [0.4, 0.5) is 5.69 Å². The molecular formula is C16H13Cl2NO4. The molecule has 0 bridgehead atoms. The van der Waals surface area contributed by atoms with Gasteiger partial charge in [0, 0.05) is 5.69 Å². The Labute approximate surface area is 143 Å². The molecule has 2 aromatic rings. The summed E-state index contributed by atoms with van der Waals surface area (Å²) in [6.07, 6.45) is 0. The number of carbonyl (C=O) groups excluding carboxylic acids is 2. The van der Waals surface area contributed by atoms with Gasteiger partial charge in [-0.2, -0.15) is 0 Å². The second-order valence-electron chi connectivity index (χ2n) is 4.45. The van der Waals surface area contributed by atoms with Gasteiger partial charge in [0.25, 0.3) is 5.91 Å². The number of esters is 1. The van der Waals surface area contributed by atoms with Crippen LogP contribution in [0.15, 0.2) is 42.5 Å². The number of carbonyl (C=O) groups is 2. The maximum atomic E-state index is 11.8. The summed E-state index contributed by atoms with van der Waals surface area (Å²) >= 11 is 11.8. The summed E-state index contributed by atoms with van der Waals surface area (Å²) in [5.74, 6) is -0.667. The zero-order valence-electron chi connectivity index (χ0n) is 12.1. The number of methoxy groups -OCH3 is 1. The van der Waals surface area contributed by atoms with E-state index in [0.717, 1.165) is 0 Å². The standard InChI is InChI=1S/C16H13Cl2NO4/c1-22-14-7-6-10(8-13(14)18)19-15(20)9-23-16(21)11-4-2-3-5-12(11)17/h2-8H,9H2,1H3,(H,19,20). The Kier molecular flexibility index (Phi) is 5.84. The van der Waals surface area contributed by atoms with Crippen LogP contribution in [0.1, 0.15) is 10.4 Å². The van der Waals surface area contributed by atoms with Crippen LogP contribution in [-0.2, 0) is 9.53 Å². The lowest BCUT2D eigenvalue weighted by atomic mass is 10.2. The van der Waals surface area contributed by atoms with Crippen LogP contribution in [0.5, 0.6) is 5.75 Å². The van der Waals surface area contributed by atoms with Crippen LogP contribution in [0.25, 0.3) is 0 Å². The van der Waals surface area contributed by atoms with E-state index in [4.69, 9.17) is 32.7 Å². The van der Waals surface area contributed by atoms with E-state index < -0.39 is 18.5 Å². The molecule has 2 rings (SSSR count). The monoisotopic (exact) mass is 353 g/mol. The summed E-state index contributed by atoms with van der Waals surface area (Å²) in [5.41, 5.74) is 0.670. The Balaban J connectivity index is 1.91. The van der Waals surface area contributed by atoms with Crippen molar-refractivity contribution in [3.05, 3.63) is 58.1 Å². The van der Waals surface area contributed by atoms with E-state index in [1.54, 1.807) is 30.3 Å². The highest BCUT2D eigenvalue weighted by Gasteiger charge is 2.13. The van der Waals surface area contributed by atoms with Gasteiger partial charge in [-0.3, -0.25) is 4.79 Å². The summed E-state index contributed by atoms with van der Waals surface area (Å²) in [5, 5.41) is 3.19. The molecule has 0 aromatic heterocycles. The van der Waals surface area contributed by atoms with Crippen molar-refractivity contribution in [2.45, 2.75) is 0 Å². The summed E-state index contributed by atoms with van der Waals surface area (Å²) < 4.78 is 9.94. The molecular weight excluding hydrogens is 341 g/mol. The summed E-state index contributed by atoms with van der Waals surface area (Å²) in [6.45, 7) is -0.437. The Morgan fingerprint density at radius 2 is 1.83 bits per heavy atom. The van der Waals surface area contributed by atoms with Crippen LogP contribution >= 0.6 is 23.2 Å². The number of nitrogens with one attached hydrogen (secondary N) is 1. The van der Waals surface area contributed by atoms with Crippen molar-refractivity contribution in [1.82, 2.24) is 0 Å². The minimum absolute atomic E-state index is 0.203. The zero-order valence-corrected chi connectivity index (χ0v) is 13.6. The van der Waals surface area contributed by atoms with E-state index >= 15 is 0 Å². The van der Waals surface area contributed by atoms with Crippen molar-refractivity contribution in [1.29, 1.82) is 0 Å². The molecule has 0 saturated heterocycles. The molecule has 0 fully saturated rings. The van der Waals surface area contributed by atoms with Crippen LogP contribution in [0.3, 0.4) is 0 Å². The summed E-state index contributed by atoms with van der Waals surface area (Å²) in [4.78, 5) is 23.6. The van der Waals surface area contributed by atoms with Gasteiger partial charge < -0.3 is 14.8 Å². The predicted octanol–water partition coefficient (Wildman–Crippen LogP) is 3.80. The Bertz CT molecular complexity index is 734. The van der Waals surface area contributed by atoms with Crippen molar-refractivity contribution in [3.63, 3.8) is 0 Å². The number of anilines is 1. The van der Waals surface area contributed by atoms with E-state index in [2.05, 4.69) is 5.32 Å². The van der Waals surface area contributed by atoms with E-state index in [1.165, 1.54) is 19.2 Å².